The Morgan fingerprint density at radius 2 is 1.37 bits per heavy atom. The number of epoxide rings is 1. The van der Waals surface area contributed by atoms with E-state index in [1.54, 1.807) is 40.8 Å². The molecule has 0 aliphatic carbocycles. The van der Waals surface area contributed by atoms with Crippen molar-refractivity contribution in [3.8, 4) is 0 Å². The summed E-state index contributed by atoms with van der Waals surface area (Å²) < 4.78 is 77.9. The topological polar surface area (TPSA) is 238 Å². The number of likely N-dealkylation sites (N-methyl/N-ethyl adjacent to an activating group) is 1. The summed E-state index contributed by atoms with van der Waals surface area (Å²) in [4.78, 5) is 85.2. The molecule has 3 fully saturated rings. The second-order valence-electron chi connectivity index (χ2n) is 18.2. The van der Waals surface area contributed by atoms with Gasteiger partial charge in [0, 0.05) is 80.4 Å². The summed E-state index contributed by atoms with van der Waals surface area (Å²) in [7, 11) is 8.78. The fourth-order valence-electron chi connectivity index (χ4n) is 9.62. The van der Waals surface area contributed by atoms with E-state index in [-0.39, 0.29) is 31.7 Å². The summed E-state index contributed by atoms with van der Waals surface area (Å²) in [5.41, 5.74) is -0.986. The Labute approximate surface area is 399 Å². The number of Topliss-reactive ketones (excluding diaryl/α,β-unsaturated/α-hetero) is 1. The van der Waals surface area contributed by atoms with Crippen LogP contribution < -0.4 is 0 Å². The molecule has 21 nitrogen and oxygen atoms in total. The second-order valence-corrected chi connectivity index (χ2v) is 18.2. The maximum atomic E-state index is 14.5. The first-order valence-corrected chi connectivity index (χ1v) is 23.2. The van der Waals surface area contributed by atoms with E-state index >= 15 is 0 Å². The molecular weight excluding hydrogens is 899 g/mol. The third-order valence-corrected chi connectivity index (χ3v) is 13.3. The molecule has 0 saturated carbocycles. The molecule has 0 spiro atoms. The number of methoxy groups -OCH3 is 4. The van der Waals surface area contributed by atoms with Crippen LogP contribution in [-0.4, -0.2) is 181 Å². The van der Waals surface area contributed by atoms with Crippen molar-refractivity contribution in [3.05, 3.63) is 12.2 Å². The highest BCUT2D eigenvalue weighted by Crippen LogP contribution is 2.46. The first kappa shape index (κ1) is 57.1. The van der Waals surface area contributed by atoms with E-state index in [1.165, 1.54) is 67.5 Å². The van der Waals surface area contributed by atoms with Gasteiger partial charge in [-0.25, -0.2) is 0 Å². The lowest BCUT2D eigenvalue weighted by molar-refractivity contribution is -0.328. The lowest BCUT2D eigenvalue weighted by Gasteiger charge is -2.48. The second kappa shape index (κ2) is 25.6. The largest absolute Gasteiger partial charge is 0.462 e. The first-order chi connectivity index (χ1) is 32.1. The summed E-state index contributed by atoms with van der Waals surface area (Å²) in [5.74, 6) is -6.56. The zero-order valence-electron chi connectivity index (χ0n) is 42.2. The van der Waals surface area contributed by atoms with Gasteiger partial charge in [0.05, 0.1) is 38.1 Å². The number of fused-ring (bicyclic) bond motifs is 1. The summed E-state index contributed by atoms with van der Waals surface area (Å²) in [6, 6.07) is -0.964. The van der Waals surface area contributed by atoms with Crippen LogP contribution in [0.2, 0.25) is 0 Å². The third kappa shape index (κ3) is 14.3. The standard InChI is InChI=1S/C47H75NO20/c1-16-34-31(22-60-45-43(58-14)42(57-13)40(26(5)61-45)64-28(7)50)44-47(9,68-44)18-17-32(52)23(2)19-30(20-36(55-11)56-12)38(24(3)33(53)21-35(54)66-34)67-46-41(65-29(8)51)37(48(10)59-15)39(25(4)62-46)63-27(6)49/h17-18,23-26,30-31,34,36-46H,16,19-22H2,1-15H3/b18-17+/t23?,24?,25-,26-,30?,31?,34?,37+,38?,39-,40-,41-,42-,43+,44?,45-,46+,47?/m1/s1. The number of esters is 4. The number of ether oxygens (including phenoxy) is 13. The molecule has 388 valence electrons. The predicted molar refractivity (Wildman–Crippen MR) is 236 cm³/mol. The molecule has 18 atom stereocenters. The van der Waals surface area contributed by atoms with Crippen LogP contribution in [0.5, 0.6) is 0 Å². The Kier molecular flexibility index (Phi) is 21.5. The normalized spacial score (nSPS) is 38.9. The number of allylic oxidation sites excluding steroid dienone is 1. The number of hydrogen-bond acceptors (Lipinski definition) is 21. The average molecular weight is 974 g/mol. The van der Waals surface area contributed by atoms with Crippen molar-refractivity contribution in [2.24, 2.45) is 23.7 Å². The highest BCUT2D eigenvalue weighted by Gasteiger charge is 2.58. The summed E-state index contributed by atoms with van der Waals surface area (Å²) in [6.45, 7) is 14.0. The molecule has 0 amide bonds. The van der Waals surface area contributed by atoms with Gasteiger partial charge in [-0.3, -0.25) is 28.8 Å². The van der Waals surface area contributed by atoms with Crippen LogP contribution in [0, 0.1) is 23.7 Å². The maximum Gasteiger partial charge on any atom is 0.313 e. The molecule has 4 rings (SSSR count). The average Bonchev–Trinajstić information content (AvgIpc) is 3.96. The maximum absolute atomic E-state index is 14.5. The Morgan fingerprint density at radius 1 is 0.794 bits per heavy atom. The number of carbonyl (C=O) groups excluding carboxylic acids is 6. The fourth-order valence-corrected chi connectivity index (χ4v) is 9.62. The van der Waals surface area contributed by atoms with Crippen LogP contribution >= 0.6 is 0 Å². The van der Waals surface area contributed by atoms with Gasteiger partial charge in [0.15, 0.2) is 36.9 Å². The number of rotatable bonds is 17. The van der Waals surface area contributed by atoms with E-state index in [0.29, 0.717) is 0 Å². The highest BCUT2D eigenvalue weighted by atomic mass is 16.7. The predicted octanol–water partition coefficient (Wildman–Crippen LogP) is 3.05. The van der Waals surface area contributed by atoms with Gasteiger partial charge in [-0.15, -0.1) is 0 Å². The van der Waals surface area contributed by atoms with Gasteiger partial charge in [-0.2, -0.15) is 5.06 Å². The summed E-state index contributed by atoms with van der Waals surface area (Å²) in [5, 5.41) is 1.36. The molecule has 0 radical (unpaired) electrons. The molecule has 21 heteroatoms. The minimum Gasteiger partial charge on any atom is -0.462 e. The molecule has 8 unspecified atom stereocenters. The first-order valence-electron chi connectivity index (χ1n) is 23.2. The Hall–Kier alpha value is -3.48. The van der Waals surface area contributed by atoms with Gasteiger partial charge in [-0.05, 0) is 51.7 Å². The third-order valence-electron chi connectivity index (χ3n) is 13.3. The molecule has 0 aromatic carbocycles. The number of cyclic esters (lactones) is 1. The van der Waals surface area contributed by atoms with Crippen molar-refractivity contribution < 1.29 is 95.2 Å². The van der Waals surface area contributed by atoms with Crippen LogP contribution in [0.4, 0.5) is 0 Å². The quantitative estimate of drug-likeness (QED) is 0.0508. The van der Waals surface area contributed by atoms with E-state index in [4.69, 9.17) is 66.4 Å². The van der Waals surface area contributed by atoms with E-state index in [9.17, 15) is 28.8 Å². The van der Waals surface area contributed by atoms with Crippen molar-refractivity contribution in [1.29, 1.82) is 0 Å². The molecule has 0 aromatic heterocycles. The smallest absolute Gasteiger partial charge is 0.313 e. The molecule has 0 N–H and O–H groups in total. The lowest BCUT2D eigenvalue weighted by atomic mass is 9.79. The highest BCUT2D eigenvalue weighted by molar-refractivity contribution is 5.97. The molecule has 0 aromatic rings. The number of carbonyl (C=O) groups is 6. The lowest BCUT2D eigenvalue weighted by Crippen LogP contribution is -2.65. The van der Waals surface area contributed by atoms with Crippen molar-refractivity contribution in [2.75, 3.05) is 49.2 Å². The van der Waals surface area contributed by atoms with E-state index in [2.05, 4.69) is 0 Å². The molecular formula is C47H75NO20. The number of nitrogens with zero attached hydrogens (tertiary/aromatic N) is 1. The number of hydroxylamine groups is 2. The van der Waals surface area contributed by atoms with Gasteiger partial charge in [-0.1, -0.05) is 20.8 Å². The van der Waals surface area contributed by atoms with Crippen LogP contribution in [0.25, 0.3) is 0 Å². The minimum absolute atomic E-state index is 0.0842. The van der Waals surface area contributed by atoms with E-state index in [1.807, 2.05) is 13.8 Å². The van der Waals surface area contributed by atoms with Crippen LogP contribution in [0.15, 0.2) is 12.2 Å². The molecule has 0 bridgehead atoms. The van der Waals surface area contributed by atoms with Crippen LogP contribution in [0.1, 0.15) is 88.0 Å². The summed E-state index contributed by atoms with van der Waals surface area (Å²) >= 11 is 0. The van der Waals surface area contributed by atoms with Crippen molar-refractivity contribution >= 4 is 35.4 Å². The molecule has 4 aliphatic rings. The van der Waals surface area contributed by atoms with Crippen molar-refractivity contribution in [2.45, 2.75) is 180 Å². The Balaban J connectivity index is 1.74. The van der Waals surface area contributed by atoms with Crippen molar-refractivity contribution in [3.63, 3.8) is 0 Å². The Morgan fingerprint density at radius 3 is 1.93 bits per heavy atom. The van der Waals surface area contributed by atoms with Gasteiger partial charge in [0.2, 0.25) is 0 Å². The molecule has 4 aliphatic heterocycles. The molecule has 3 saturated heterocycles. The van der Waals surface area contributed by atoms with Gasteiger partial charge in [0.1, 0.15) is 48.3 Å². The zero-order chi connectivity index (χ0) is 50.8. The van der Waals surface area contributed by atoms with Crippen LogP contribution in [0.3, 0.4) is 0 Å². The number of hydrogen-bond donors (Lipinski definition) is 0. The zero-order valence-corrected chi connectivity index (χ0v) is 42.2. The summed E-state index contributed by atoms with van der Waals surface area (Å²) in [6.07, 6.45) is -9.01. The van der Waals surface area contributed by atoms with Gasteiger partial charge >= 0.3 is 23.9 Å². The van der Waals surface area contributed by atoms with E-state index in [0.717, 1.165) is 0 Å². The van der Waals surface area contributed by atoms with Gasteiger partial charge < -0.3 is 66.4 Å². The number of ketones is 2. The SMILES string of the molecule is CCC1OC(=O)CC(=O)C(C)C(O[C@@H]2O[C@H](C)[C@@H](OC(C)=O)[C@H](N(C)OC)[C@H]2OC(C)=O)C(CC(OC)OC)CC(C)C(=O)/C=C/C2(C)OC2C1CO[C@@H]1O[C@H](C)[C@@H](OC(C)=O)[C@@H](OC)[C@@H]1OC. The fraction of sp³-hybridized carbons (Fsp3) is 0.830. The monoisotopic (exact) mass is 973 g/mol. The minimum atomic E-state index is -1.40. The molecule has 4 heterocycles. The Bertz CT molecular complexity index is 1740. The van der Waals surface area contributed by atoms with Gasteiger partial charge in [0.25, 0.3) is 0 Å². The van der Waals surface area contributed by atoms with Crippen LogP contribution in [-0.2, 0) is 95.2 Å². The van der Waals surface area contributed by atoms with Crippen molar-refractivity contribution in [1.82, 2.24) is 5.06 Å². The molecule has 68 heavy (non-hydrogen) atoms. The van der Waals surface area contributed by atoms with E-state index < -0.39 is 151 Å².